The Balaban J connectivity index is 2.11. The summed E-state index contributed by atoms with van der Waals surface area (Å²) >= 11 is 11.7. The van der Waals surface area contributed by atoms with E-state index in [4.69, 9.17) is 23.2 Å². The maximum Gasteiger partial charge on any atom is 0.220 e. The van der Waals surface area contributed by atoms with Gasteiger partial charge in [-0.15, -0.1) is 11.6 Å². The number of imidazole rings is 1. The van der Waals surface area contributed by atoms with Gasteiger partial charge in [-0.2, -0.15) is 0 Å². The van der Waals surface area contributed by atoms with Crippen molar-refractivity contribution in [2.45, 2.75) is 25.3 Å². The van der Waals surface area contributed by atoms with Crippen molar-refractivity contribution in [2.75, 3.05) is 12.4 Å². The fourth-order valence-electron chi connectivity index (χ4n) is 2.75. The number of alkyl halides is 1. The van der Waals surface area contributed by atoms with Gasteiger partial charge in [-0.25, -0.2) is 9.37 Å². The third kappa shape index (κ3) is 2.72. The fourth-order valence-corrected chi connectivity index (χ4v) is 3.08. The molecule has 0 bridgehead atoms. The minimum atomic E-state index is -0.470. The number of aromatic nitrogens is 2. The standard InChI is InChI=1S/C14H14Cl2FN3O/c15-4-3-13-19-11-5-9(16)10(17)6-12(11)20(13)8-1-2-14(21)18-7-8/h5-6,8H,1-4,7H2,(H,18,21). The lowest BCUT2D eigenvalue weighted by Crippen LogP contribution is -2.36. The van der Waals surface area contributed by atoms with Crippen LogP contribution >= 0.6 is 23.2 Å². The summed E-state index contributed by atoms with van der Waals surface area (Å²) in [6, 6.07) is 2.99. The molecule has 1 aliphatic heterocycles. The Morgan fingerprint density at radius 1 is 1.48 bits per heavy atom. The molecule has 0 saturated carbocycles. The summed E-state index contributed by atoms with van der Waals surface area (Å²) in [4.78, 5) is 15.8. The first-order valence-electron chi connectivity index (χ1n) is 6.78. The van der Waals surface area contributed by atoms with E-state index < -0.39 is 5.82 Å². The van der Waals surface area contributed by atoms with Crippen LogP contribution in [0.5, 0.6) is 0 Å². The zero-order valence-corrected chi connectivity index (χ0v) is 12.7. The Hall–Kier alpha value is -1.33. The van der Waals surface area contributed by atoms with E-state index in [-0.39, 0.29) is 17.0 Å². The normalized spacial score (nSPS) is 19.0. The number of carbonyl (C=O) groups is 1. The van der Waals surface area contributed by atoms with E-state index in [2.05, 4.69) is 10.3 Å². The van der Waals surface area contributed by atoms with Crippen molar-refractivity contribution < 1.29 is 9.18 Å². The van der Waals surface area contributed by atoms with Gasteiger partial charge in [0.2, 0.25) is 5.91 Å². The van der Waals surface area contributed by atoms with Gasteiger partial charge in [-0.1, -0.05) is 11.6 Å². The van der Waals surface area contributed by atoms with Crippen molar-refractivity contribution >= 4 is 40.1 Å². The van der Waals surface area contributed by atoms with Gasteiger partial charge in [-0.3, -0.25) is 4.79 Å². The van der Waals surface area contributed by atoms with Crippen LogP contribution in [0, 0.1) is 5.82 Å². The number of hydrogen-bond donors (Lipinski definition) is 1. The molecular formula is C14H14Cl2FN3O. The lowest BCUT2D eigenvalue weighted by atomic mass is 10.1. The van der Waals surface area contributed by atoms with Crippen LogP contribution in [0.25, 0.3) is 11.0 Å². The zero-order chi connectivity index (χ0) is 15.0. The Morgan fingerprint density at radius 2 is 2.29 bits per heavy atom. The van der Waals surface area contributed by atoms with Gasteiger partial charge >= 0.3 is 0 Å². The second-order valence-electron chi connectivity index (χ2n) is 5.09. The van der Waals surface area contributed by atoms with Gasteiger partial charge in [0.25, 0.3) is 0 Å². The second-order valence-corrected chi connectivity index (χ2v) is 5.87. The largest absolute Gasteiger partial charge is 0.354 e. The number of aryl methyl sites for hydroxylation is 1. The van der Waals surface area contributed by atoms with E-state index in [1.54, 1.807) is 0 Å². The number of rotatable bonds is 3. The van der Waals surface area contributed by atoms with E-state index >= 15 is 0 Å². The van der Waals surface area contributed by atoms with Crippen LogP contribution in [0.3, 0.4) is 0 Å². The molecule has 3 rings (SSSR count). The Kier molecular flexibility index (Phi) is 4.04. The topological polar surface area (TPSA) is 46.9 Å². The highest BCUT2D eigenvalue weighted by molar-refractivity contribution is 6.31. The molecule has 1 aromatic heterocycles. The molecular weight excluding hydrogens is 316 g/mol. The molecule has 0 radical (unpaired) electrons. The maximum atomic E-state index is 13.8. The highest BCUT2D eigenvalue weighted by Gasteiger charge is 2.24. The van der Waals surface area contributed by atoms with E-state index in [1.165, 1.54) is 12.1 Å². The highest BCUT2D eigenvalue weighted by Crippen LogP contribution is 2.29. The van der Waals surface area contributed by atoms with Crippen LogP contribution in [-0.2, 0) is 11.2 Å². The van der Waals surface area contributed by atoms with Crippen LogP contribution in [0.2, 0.25) is 5.02 Å². The van der Waals surface area contributed by atoms with Crippen molar-refractivity contribution in [3.8, 4) is 0 Å². The Bertz CT molecular complexity index is 691. The Labute approximate surface area is 131 Å². The number of nitrogens with one attached hydrogen (secondary N) is 1. The first kappa shape index (κ1) is 14.6. The number of benzene rings is 1. The summed E-state index contributed by atoms with van der Waals surface area (Å²) in [6.45, 7) is 0.518. The van der Waals surface area contributed by atoms with Crippen molar-refractivity contribution in [1.29, 1.82) is 0 Å². The van der Waals surface area contributed by atoms with Gasteiger partial charge in [0.1, 0.15) is 11.6 Å². The van der Waals surface area contributed by atoms with Crippen LogP contribution in [0.1, 0.15) is 24.7 Å². The third-order valence-corrected chi connectivity index (χ3v) is 4.21. The van der Waals surface area contributed by atoms with Crippen molar-refractivity contribution in [1.82, 2.24) is 14.9 Å². The first-order valence-corrected chi connectivity index (χ1v) is 7.70. The summed E-state index contributed by atoms with van der Waals surface area (Å²) in [5.41, 5.74) is 1.34. The van der Waals surface area contributed by atoms with Gasteiger partial charge < -0.3 is 9.88 Å². The Morgan fingerprint density at radius 3 is 2.95 bits per heavy atom. The molecule has 4 nitrogen and oxygen atoms in total. The summed E-state index contributed by atoms with van der Waals surface area (Å²) in [6.07, 6.45) is 1.75. The highest BCUT2D eigenvalue weighted by atomic mass is 35.5. The molecule has 7 heteroatoms. The second kappa shape index (κ2) is 5.81. The number of fused-ring (bicyclic) bond motifs is 1. The number of amides is 1. The van der Waals surface area contributed by atoms with Crippen LogP contribution in [0.4, 0.5) is 4.39 Å². The number of halogens is 3. The fraction of sp³-hybridized carbons (Fsp3) is 0.429. The molecule has 1 fully saturated rings. The number of carbonyl (C=O) groups excluding carboxylic acids is 1. The van der Waals surface area contributed by atoms with Crippen LogP contribution in [-0.4, -0.2) is 27.9 Å². The average Bonchev–Trinajstić information content (AvgIpc) is 2.78. The van der Waals surface area contributed by atoms with Gasteiger partial charge in [0.15, 0.2) is 0 Å². The first-order chi connectivity index (χ1) is 10.1. The van der Waals surface area contributed by atoms with Gasteiger partial charge in [0.05, 0.1) is 22.1 Å². The minimum absolute atomic E-state index is 0.0452. The number of piperidine rings is 1. The summed E-state index contributed by atoms with van der Waals surface area (Å²) < 4.78 is 15.8. The third-order valence-electron chi connectivity index (χ3n) is 3.73. The van der Waals surface area contributed by atoms with E-state index in [9.17, 15) is 9.18 Å². The molecule has 2 heterocycles. The average molecular weight is 330 g/mol. The van der Waals surface area contributed by atoms with E-state index in [0.717, 1.165) is 5.82 Å². The van der Waals surface area contributed by atoms with Gasteiger partial charge in [-0.05, 0) is 12.5 Å². The van der Waals surface area contributed by atoms with Gasteiger partial charge in [0, 0.05) is 31.3 Å². The zero-order valence-electron chi connectivity index (χ0n) is 11.2. The molecule has 1 amide bonds. The molecule has 1 atom stereocenters. The summed E-state index contributed by atoms with van der Waals surface area (Å²) in [5, 5.41) is 2.90. The molecule has 1 aliphatic rings. The van der Waals surface area contributed by atoms with Crippen molar-refractivity contribution in [2.24, 2.45) is 0 Å². The van der Waals surface area contributed by atoms with Crippen LogP contribution in [0.15, 0.2) is 12.1 Å². The molecule has 1 unspecified atom stereocenters. The van der Waals surface area contributed by atoms with E-state index in [0.29, 0.717) is 42.7 Å². The SMILES string of the molecule is O=C1CCC(n2c(CCCl)nc3cc(Cl)c(F)cc32)CN1. The smallest absolute Gasteiger partial charge is 0.220 e. The molecule has 0 aliphatic carbocycles. The predicted molar refractivity (Wildman–Crippen MR) is 80.4 cm³/mol. The van der Waals surface area contributed by atoms with Crippen molar-refractivity contribution in [3.63, 3.8) is 0 Å². The minimum Gasteiger partial charge on any atom is -0.354 e. The molecule has 1 saturated heterocycles. The summed E-state index contributed by atoms with van der Waals surface area (Å²) in [5.74, 6) is 0.799. The molecule has 2 aromatic rings. The van der Waals surface area contributed by atoms with Crippen molar-refractivity contribution in [3.05, 3.63) is 28.8 Å². The monoisotopic (exact) mass is 329 g/mol. The molecule has 1 N–H and O–H groups in total. The lowest BCUT2D eigenvalue weighted by molar-refractivity contribution is -0.122. The molecule has 0 spiro atoms. The molecule has 112 valence electrons. The summed E-state index contributed by atoms with van der Waals surface area (Å²) in [7, 11) is 0. The number of hydrogen-bond acceptors (Lipinski definition) is 2. The van der Waals surface area contributed by atoms with Crippen LogP contribution < -0.4 is 5.32 Å². The number of nitrogens with zero attached hydrogens (tertiary/aromatic N) is 2. The van der Waals surface area contributed by atoms with E-state index in [1.807, 2.05) is 4.57 Å². The molecule has 1 aromatic carbocycles. The predicted octanol–water partition coefficient (Wildman–Crippen LogP) is 3.06. The lowest BCUT2D eigenvalue weighted by Gasteiger charge is -2.26. The quantitative estimate of drug-likeness (QED) is 0.880. The maximum absolute atomic E-state index is 13.8. The molecule has 21 heavy (non-hydrogen) atoms.